The van der Waals surface area contributed by atoms with Gasteiger partial charge < -0.3 is 9.73 Å². The smallest absolute Gasteiger partial charge is 0.287 e. The molecule has 1 amide bonds. The lowest BCUT2D eigenvalue weighted by molar-refractivity contribution is 0.0873. The molecule has 1 aliphatic rings. The normalized spacial score (nSPS) is 16.4. The zero-order valence-electron chi connectivity index (χ0n) is 11.2. The Bertz CT molecular complexity index is 612. The molecule has 1 fully saturated rings. The third kappa shape index (κ3) is 2.98. The first-order valence-electron chi connectivity index (χ1n) is 6.07. The van der Waals surface area contributed by atoms with E-state index in [0.29, 0.717) is 5.92 Å². The minimum Gasteiger partial charge on any atom is -0.455 e. The molecule has 0 aromatic carbocycles. The van der Waals surface area contributed by atoms with Gasteiger partial charge in [-0.1, -0.05) is 0 Å². The Morgan fingerprint density at radius 1 is 1.47 bits per heavy atom. The highest BCUT2D eigenvalue weighted by atomic mass is 32.2. The maximum Gasteiger partial charge on any atom is 0.287 e. The molecule has 3 N–H and O–H groups in total. The summed E-state index contributed by atoms with van der Waals surface area (Å²) in [6, 6.07) is 1.17. The average Bonchev–Trinajstić information content (AvgIpc) is 3.00. The quantitative estimate of drug-likeness (QED) is 0.866. The zero-order chi connectivity index (χ0) is 14.4. The number of primary sulfonamides is 1. The van der Waals surface area contributed by atoms with Gasteiger partial charge in [-0.2, -0.15) is 0 Å². The van der Waals surface area contributed by atoms with E-state index < -0.39 is 15.9 Å². The van der Waals surface area contributed by atoms with Gasteiger partial charge in [-0.3, -0.25) is 4.79 Å². The van der Waals surface area contributed by atoms with Crippen molar-refractivity contribution in [1.29, 1.82) is 0 Å². The summed E-state index contributed by atoms with van der Waals surface area (Å²) in [7, 11) is -3.87. The lowest BCUT2D eigenvalue weighted by Gasteiger charge is -2.25. The van der Waals surface area contributed by atoms with Crippen LogP contribution in [0.2, 0.25) is 0 Å². The number of hydrogen-bond acceptors (Lipinski definition) is 4. The molecule has 2 rings (SSSR count). The van der Waals surface area contributed by atoms with Crippen LogP contribution in [0.3, 0.4) is 0 Å². The van der Waals surface area contributed by atoms with Gasteiger partial charge >= 0.3 is 0 Å². The Balaban J connectivity index is 2.21. The maximum absolute atomic E-state index is 12.0. The Kier molecular flexibility index (Phi) is 3.22. The molecular weight excluding hydrogens is 268 g/mol. The molecule has 0 bridgehead atoms. The summed E-state index contributed by atoms with van der Waals surface area (Å²) in [5, 5.41) is 7.90. The van der Waals surface area contributed by atoms with Crippen LogP contribution in [0.4, 0.5) is 0 Å². The van der Waals surface area contributed by atoms with Crippen molar-refractivity contribution < 1.29 is 17.6 Å². The summed E-state index contributed by atoms with van der Waals surface area (Å²) in [5.74, 6) is 0.132. The SMILES string of the molecule is Cc1oc(C(=O)NC(C)(C)C2CC2)cc1S(N)(=O)=O. The van der Waals surface area contributed by atoms with Crippen molar-refractivity contribution in [2.75, 3.05) is 0 Å². The molecule has 0 spiro atoms. The number of hydrogen-bond donors (Lipinski definition) is 2. The van der Waals surface area contributed by atoms with Gasteiger partial charge in [0.15, 0.2) is 5.76 Å². The maximum atomic E-state index is 12.0. The van der Waals surface area contributed by atoms with Crippen LogP contribution in [0, 0.1) is 12.8 Å². The van der Waals surface area contributed by atoms with E-state index in [1.165, 1.54) is 13.0 Å². The number of amides is 1. The Labute approximate surface area is 112 Å². The van der Waals surface area contributed by atoms with Crippen molar-refractivity contribution in [3.63, 3.8) is 0 Å². The molecule has 0 aliphatic heterocycles. The molecule has 1 saturated carbocycles. The second-order valence-corrected chi connectivity index (χ2v) is 7.06. The van der Waals surface area contributed by atoms with E-state index in [4.69, 9.17) is 9.56 Å². The Morgan fingerprint density at radius 2 is 2.05 bits per heavy atom. The van der Waals surface area contributed by atoms with Crippen LogP contribution in [0.5, 0.6) is 0 Å². The van der Waals surface area contributed by atoms with Gasteiger partial charge in [-0.05, 0) is 39.5 Å². The fourth-order valence-corrected chi connectivity index (χ4v) is 2.83. The van der Waals surface area contributed by atoms with Gasteiger partial charge in [0, 0.05) is 11.6 Å². The number of carbonyl (C=O) groups is 1. The van der Waals surface area contributed by atoms with Crippen molar-refractivity contribution in [2.24, 2.45) is 11.1 Å². The van der Waals surface area contributed by atoms with Crippen LogP contribution in [0.15, 0.2) is 15.4 Å². The summed E-state index contributed by atoms with van der Waals surface area (Å²) < 4.78 is 27.7. The molecule has 6 nitrogen and oxygen atoms in total. The highest BCUT2D eigenvalue weighted by Crippen LogP contribution is 2.39. The number of sulfonamides is 1. The number of nitrogens with one attached hydrogen (secondary N) is 1. The fourth-order valence-electron chi connectivity index (χ4n) is 2.12. The van der Waals surface area contributed by atoms with Crippen LogP contribution in [0.1, 0.15) is 43.0 Å². The highest BCUT2D eigenvalue weighted by Gasteiger charge is 2.39. The number of furan rings is 1. The third-order valence-corrected chi connectivity index (χ3v) is 4.45. The topological polar surface area (TPSA) is 102 Å². The van der Waals surface area contributed by atoms with E-state index in [9.17, 15) is 13.2 Å². The lowest BCUT2D eigenvalue weighted by Crippen LogP contribution is -2.45. The van der Waals surface area contributed by atoms with E-state index >= 15 is 0 Å². The fraction of sp³-hybridized carbons (Fsp3) is 0.583. The summed E-state index contributed by atoms with van der Waals surface area (Å²) >= 11 is 0. The molecule has 0 radical (unpaired) electrons. The van der Waals surface area contributed by atoms with E-state index in [-0.39, 0.29) is 22.0 Å². The number of aryl methyl sites for hydroxylation is 1. The summed E-state index contributed by atoms with van der Waals surface area (Å²) in [6.07, 6.45) is 2.18. The van der Waals surface area contributed by atoms with Crippen LogP contribution in [-0.4, -0.2) is 19.9 Å². The van der Waals surface area contributed by atoms with Crippen molar-refractivity contribution in [1.82, 2.24) is 5.32 Å². The molecule has 1 heterocycles. The van der Waals surface area contributed by atoms with Crippen LogP contribution < -0.4 is 10.5 Å². The zero-order valence-corrected chi connectivity index (χ0v) is 12.0. The molecular formula is C12H18N2O4S. The van der Waals surface area contributed by atoms with Gasteiger partial charge in [-0.25, -0.2) is 13.6 Å². The van der Waals surface area contributed by atoms with Crippen molar-refractivity contribution in [3.8, 4) is 0 Å². The van der Waals surface area contributed by atoms with E-state index in [1.54, 1.807) is 0 Å². The molecule has 0 atom stereocenters. The predicted molar refractivity (Wildman–Crippen MR) is 69.1 cm³/mol. The Hall–Kier alpha value is -1.34. The minimum atomic E-state index is -3.87. The average molecular weight is 286 g/mol. The van der Waals surface area contributed by atoms with Crippen molar-refractivity contribution in [2.45, 2.75) is 44.0 Å². The molecule has 0 saturated heterocycles. The first kappa shape index (κ1) is 14.1. The van der Waals surface area contributed by atoms with E-state index in [2.05, 4.69) is 5.32 Å². The van der Waals surface area contributed by atoms with E-state index in [0.717, 1.165) is 12.8 Å². The second-order valence-electron chi connectivity index (χ2n) is 5.53. The van der Waals surface area contributed by atoms with Gasteiger partial charge in [0.25, 0.3) is 5.91 Å². The molecule has 7 heteroatoms. The summed E-state index contributed by atoms with van der Waals surface area (Å²) in [5.41, 5.74) is -0.320. The van der Waals surface area contributed by atoms with E-state index in [1.807, 2.05) is 13.8 Å². The van der Waals surface area contributed by atoms with Crippen LogP contribution in [0.25, 0.3) is 0 Å². The van der Waals surface area contributed by atoms with Gasteiger partial charge in [-0.15, -0.1) is 0 Å². The van der Waals surface area contributed by atoms with Gasteiger partial charge in [0.1, 0.15) is 10.7 Å². The first-order valence-corrected chi connectivity index (χ1v) is 7.61. The van der Waals surface area contributed by atoms with Crippen LogP contribution >= 0.6 is 0 Å². The Morgan fingerprint density at radius 3 is 2.47 bits per heavy atom. The molecule has 1 aliphatic carbocycles. The number of nitrogens with two attached hydrogens (primary N) is 1. The standard InChI is InChI=1S/C12H18N2O4S/c1-7-10(19(13,16)17)6-9(18-7)11(15)14-12(2,3)8-4-5-8/h6,8H,4-5H2,1-3H3,(H,14,15)(H2,13,16,17). The summed E-state index contributed by atoms with van der Waals surface area (Å²) in [6.45, 7) is 5.35. The molecule has 19 heavy (non-hydrogen) atoms. The van der Waals surface area contributed by atoms with Crippen LogP contribution in [-0.2, 0) is 10.0 Å². The third-order valence-electron chi connectivity index (χ3n) is 3.44. The monoisotopic (exact) mass is 286 g/mol. The minimum absolute atomic E-state index is 0.0322. The second kappa shape index (κ2) is 4.35. The highest BCUT2D eigenvalue weighted by molar-refractivity contribution is 7.89. The van der Waals surface area contributed by atoms with Crippen molar-refractivity contribution in [3.05, 3.63) is 17.6 Å². The number of rotatable bonds is 4. The van der Waals surface area contributed by atoms with Crippen molar-refractivity contribution >= 4 is 15.9 Å². The first-order chi connectivity index (χ1) is 8.61. The molecule has 106 valence electrons. The molecule has 0 unspecified atom stereocenters. The summed E-state index contributed by atoms with van der Waals surface area (Å²) in [4.78, 5) is 11.9. The predicted octanol–water partition coefficient (Wildman–Crippen LogP) is 1.15. The van der Waals surface area contributed by atoms with Gasteiger partial charge in [0.2, 0.25) is 10.0 Å². The lowest BCUT2D eigenvalue weighted by atomic mass is 9.99. The largest absolute Gasteiger partial charge is 0.455 e. The van der Waals surface area contributed by atoms with Gasteiger partial charge in [0.05, 0.1) is 0 Å². The molecule has 1 aromatic heterocycles. The molecule has 1 aromatic rings. The number of carbonyl (C=O) groups excluding carboxylic acids is 1.